The van der Waals surface area contributed by atoms with E-state index in [9.17, 15) is 19.3 Å². The van der Waals surface area contributed by atoms with Crippen LogP contribution < -0.4 is 11.1 Å². The Bertz CT molecular complexity index is 494. The van der Waals surface area contributed by atoms with Gasteiger partial charge in [-0.1, -0.05) is 19.8 Å². The van der Waals surface area contributed by atoms with Crippen LogP contribution in [0.15, 0.2) is 18.2 Å². The number of non-ortho nitro benzene ring substituents is 1. The first-order chi connectivity index (χ1) is 9.47. The summed E-state index contributed by atoms with van der Waals surface area (Å²) in [5.41, 5.74) is 5.02. The maximum Gasteiger partial charge on any atom is 0.273 e. The standard InChI is InChI=1S/C13H18FN3O3/c1-2-3-4-11(8-15)16-13(18)9-5-10(14)7-12(6-9)17(19)20/h5-7,11H,2-4,8,15H2,1H3,(H,16,18). The lowest BCUT2D eigenvalue weighted by molar-refractivity contribution is -0.385. The highest BCUT2D eigenvalue weighted by molar-refractivity contribution is 5.95. The maximum absolute atomic E-state index is 13.3. The Labute approximate surface area is 116 Å². The zero-order chi connectivity index (χ0) is 15.1. The van der Waals surface area contributed by atoms with E-state index in [0.717, 1.165) is 37.5 Å². The molecule has 1 atom stereocenters. The number of unbranched alkanes of at least 4 members (excludes halogenated alkanes) is 1. The molecule has 0 aromatic heterocycles. The van der Waals surface area contributed by atoms with E-state index in [1.807, 2.05) is 6.92 Å². The topological polar surface area (TPSA) is 98.3 Å². The van der Waals surface area contributed by atoms with E-state index >= 15 is 0 Å². The van der Waals surface area contributed by atoms with Crippen molar-refractivity contribution in [1.29, 1.82) is 0 Å². The molecule has 0 heterocycles. The highest BCUT2D eigenvalue weighted by Crippen LogP contribution is 2.16. The highest BCUT2D eigenvalue weighted by atomic mass is 19.1. The minimum Gasteiger partial charge on any atom is -0.348 e. The van der Waals surface area contributed by atoms with Gasteiger partial charge in [-0.25, -0.2) is 4.39 Å². The summed E-state index contributed by atoms with van der Waals surface area (Å²) in [4.78, 5) is 21.8. The Morgan fingerprint density at radius 1 is 1.50 bits per heavy atom. The average Bonchev–Trinajstić information content (AvgIpc) is 2.42. The van der Waals surface area contributed by atoms with Crippen LogP contribution in [0.1, 0.15) is 36.5 Å². The minimum atomic E-state index is -0.817. The summed E-state index contributed by atoms with van der Waals surface area (Å²) < 4.78 is 13.3. The SMILES string of the molecule is CCCCC(CN)NC(=O)c1cc(F)cc([N+](=O)[O-])c1. The lowest BCUT2D eigenvalue weighted by Crippen LogP contribution is -2.40. The summed E-state index contributed by atoms with van der Waals surface area (Å²) in [7, 11) is 0. The van der Waals surface area contributed by atoms with Crippen molar-refractivity contribution in [1.82, 2.24) is 5.32 Å². The molecule has 0 saturated heterocycles. The summed E-state index contributed by atoms with van der Waals surface area (Å²) in [5, 5.41) is 13.3. The van der Waals surface area contributed by atoms with Gasteiger partial charge in [0.1, 0.15) is 5.82 Å². The van der Waals surface area contributed by atoms with Gasteiger partial charge in [0.2, 0.25) is 0 Å². The van der Waals surface area contributed by atoms with Crippen LogP contribution in [0.25, 0.3) is 0 Å². The van der Waals surface area contributed by atoms with Crippen LogP contribution >= 0.6 is 0 Å². The van der Waals surface area contributed by atoms with E-state index in [1.54, 1.807) is 0 Å². The Kier molecular flexibility index (Phi) is 6.05. The van der Waals surface area contributed by atoms with Crippen molar-refractivity contribution < 1.29 is 14.1 Å². The van der Waals surface area contributed by atoms with Crippen LogP contribution in [0.4, 0.5) is 10.1 Å². The molecule has 0 aliphatic carbocycles. The third-order valence-corrected chi connectivity index (χ3v) is 2.88. The van der Waals surface area contributed by atoms with Crippen LogP contribution in [0, 0.1) is 15.9 Å². The lowest BCUT2D eigenvalue weighted by Gasteiger charge is -2.16. The average molecular weight is 283 g/mol. The van der Waals surface area contributed by atoms with E-state index in [2.05, 4.69) is 5.32 Å². The zero-order valence-corrected chi connectivity index (χ0v) is 11.3. The molecule has 0 fully saturated rings. The Morgan fingerprint density at radius 2 is 2.20 bits per heavy atom. The molecule has 0 aliphatic rings. The van der Waals surface area contributed by atoms with Gasteiger partial charge in [0.25, 0.3) is 11.6 Å². The molecule has 1 rings (SSSR count). The summed E-state index contributed by atoms with van der Waals surface area (Å²) in [5.74, 6) is -1.37. The number of nitrogens with zero attached hydrogens (tertiary/aromatic N) is 1. The molecule has 0 spiro atoms. The van der Waals surface area contributed by atoms with Gasteiger partial charge in [0.15, 0.2) is 0 Å². The number of benzene rings is 1. The van der Waals surface area contributed by atoms with Crippen molar-refractivity contribution in [3.05, 3.63) is 39.7 Å². The largest absolute Gasteiger partial charge is 0.348 e. The molecule has 0 radical (unpaired) electrons. The number of hydrogen-bond donors (Lipinski definition) is 2. The van der Waals surface area contributed by atoms with Crippen LogP contribution in [-0.2, 0) is 0 Å². The van der Waals surface area contributed by atoms with Crippen molar-refractivity contribution in [2.45, 2.75) is 32.2 Å². The predicted molar refractivity (Wildman–Crippen MR) is 72.9 cm³/mol. The van der Waals surface area contributed by atoms with E-state index in [0.29, 0.717) is 0 Å². The van der Waals surface area contributed by atoms with Gasteiger partial charge in [-0.15, -0.1) is 0 Å². The van der Waals surface area contributed by atoms with Gasteiger partial charge >= 0.3 is 0 Å². The quantitative estimate of drug-likeness (QED) is 0.590. The monoisotopic (exact) mass is 283 g/mol. The summed E-state index contributed by atoms with van der Waals surface area (Å²) in [6.45, 7) is 2.29. The van der Waals surface area contributed by atoms with Gasteiger partial charge in [-0.2, -0.15) is 0 Å². The first-order valence-electron chi connectivity index (χ1n) is 6.43. The number of carbonyl (C=O) groups excluding carboxylic acids is 1. The molecule has 0 aliphatic heterocycles. The number of nitro groups is 1. The molecule has 7 heteroatoms. The molecule has 1 aromatic carbocycles. The summed E-state index contributed by atoms with van der Waals surface area (Å²) in [6, 6.07) is 2.57. The molecule has 6 nitrogen and oxygen atoms in total. The fourth-order valence-corrected chi connectivity index (χ4v) is 1.78. The Hall–Kier alpha value is -2.02. The fourth-order valence-electron chi connectivity index (χ4n) is 1.78. The van der Waals surface area contributed by atoms with Crippen LogP contribution in [0.3, 0.4) is 0 Å². The molecule has 3 N–H and O–H groups in total. The number of nitro benzene ring substituents is 1. The zero-order valence-electron chi connectivity index (χ0n) is 11.3. The molecule has 20 heavy (non-hydrogen) atoms. The van der Waals surface area contributed by atoms with Gasteiger partial charge in [0.05, 0.1) is 11.0 Å². The molecule has 1 aromatic rings. The van der Waals surface area contributed by atoms with Crippen molar-refractivity contribution in [3.63, 3.8) is 0 Å². The Morgan fingerprint density at radius 3 is 2.75 bits per heavy atom. The first kappa shape index (κ1) is 16.0. The molecule has 1 unspecified atom stereocenters. The number of carbonyl (C=O) groups is 1. The van der Waals surface area contributed by atoms with Crippen molar-refractivity contribution in [3.8, 4) is 0 Å². The molecular weight excluding hydrogens is 265 g/mol. The highest BCUT2D eigenvalue weighted by Gasteiger charge is 2.17. The van der Waals surface area contributed by atoms with Crippen LogP contribution in [0.2, 0.25) is 0 Å². The molecular formula is C13H18FN3O3. The van der Waals surface area contributed by atoms with E-state index < -0.39 is 22.3 Å². The number of rotatable bonds is 7. The number of hydrogen-bond acceptors (Lipinski definition) is 4. The van der Waals surface area contributed by atoms with Gasteiger partial charge < -0.3 is 11.1 Å². The van der Waals surface area contributed by atoms with Gasteiger partial charge in [-0.3, -0.25) is 14.9 Å². The molecule has 0 saturated carbocycles. The van der Waals surface area contributed by atoms with Crippen LogP contribution in [0.5, 0.6) is 0 Å². The smallest absolute Gasteiger partial charge is 0.273 e. The number of nitrogens with two attached hydrogens (primary N) is 1. The van der Waals surface area contributed by atoms with Crippen molar-refractivity contribution >= 4 is 11.6 Å². The number of halogens is 1. The predicted octanol–water partition coefficient (Wildman–Crippen LogP) is 1.98. The molecule has 110 valence electrons. The third-order valence-electron chi connectivity index (χ3n) is 2.88. The van der Waals surface area contributed by atoms with Crippen molar-refractivity contribution in [2.24, 2.45) is 5.73 Å². The third kappa shape index (κ3) is 4.58. The number of amides is 1. The second-order valence-electron chi connectivity index (χ2n) is 4.50. The van der Waals surface area contributed by atoms with E-state index in [-0.39, 0.29) is 18.2 Å². The second kappa shape index (κ2) is 7.54. The van der Waals surface area contributed by atoms with Crippen LogP contribution in [-0.4, -0.2) is 23.4 Å². The Balaban J connectivity index is 2.83. The first-order valence-corrected chi connectivity index (χ1v) is 6.43. The molecule has 0 bridgehead atoms. The van der Waals surface area contributed by atoms with Crippen molar-refractivity contribution in [2.75, 3.05) is 6.54 Å². The lowest BCUT2D eigenvalue weighted by atomic mass is 10.1. The minimum absolute atomic E-state index is 0.0772. The fraction of sp³-hybridized carbons (Fsp3) is 0.462. The normalized spacial score (nSPS) is 11.9. The van der Waals surface area contributed by atoms with Gasteiger partial charge in [-0.05, 0) is 12.5 Å². The number of nitrogens with one attached hydrogen (secondary N) is 1. The van der Waals surface area contributed by atoms with E-state index in [1.165, 1.54) is 0 Å². The van der Waals surface area contributed by atoms with Gasteiger partial charge in [0, 0.05) is 24.2 Å². The second-order valence-corrected chi connectivity index (χ2v) is 4.50. The summed E-state index contributed by atoms with van der Waals surface area (Å²) >= 11 is 0. The summed E-state index contributed by atoms with van der Waals surface area (Å²) in [6.07, 6.45) is 2.60. The molecule has 1 amide bonds. The van der Waals surface area contributed by atoms with E-state index in [4.69, 9.17) is 5.73 Å². The maximum atomic E-state index is 13.3.